The molecule has 2 heterocycles. The summed E-state index contributed by atoms with van der Waals surface area (Å²) < 4.78 is 5.20. The number of amides is 1. The second kappa shape index (κ2) is 8.48. The smallest absolute Gasteiger partial charge is 0.311 e. The molecular formula is C21H23NO4S. The SMILES string of the molecule is CCc1cccc(CC)c1N1C[C@H](C(=O)OCC(=O)c2cccs2)CC1=O. The lowest BCUT2D eigenvalue weighted by Crippen LogP contribution is -2.28. The minimum absolute atomic E-state index is 0.0721. The van der Waals surface area contributed by atoms with Crippen molar-refractivity contribution in [3.05, 3.63) is 51.7 Å². The number of thiophene rings is 1. The molecule has 1 aliphatic rings. The molecule has 1 fully saturated rings. The predicted octanol–water partition coefficient (Wildman–Crippen LogP) is 3.65. The Labute approximate surface area is 162 Å². The molecular weight excluding hydrogens is 362 g/mol. The Morgan fingerprint density at radius 2 is 1.85 bits per heavy atom. The number of anilines is 1. The predicted molar refractivity (Wildman–Crippen MR) is 105 cm³/mol. The third kappa shape index (κ3) is 4.11. The highest BCUT2D eigenvalue weighted by Gasteiger charge is 2.37. The van der Waals surface area contributed by atoms with Crippen LogP contribution in [0.2, 0.25) is 0 Å². The number of carbonyl (C=O) groups is 3. The van der Waals surface area contributed by atoms with E-state index >= 15 is 0 Å². The van der Waals surface area contributed by atoms with Crippen LogP contribution >= 0.6 is 11.3 Å². The molecule has 1 aliphatic heterocycles. The molecule has 0 saturated carbocycles. The van der Waals surface area contributed by atoms with Crippen molar-refractivity contribution in [2.24, 2.45) is 5.92 Å². The van der Waals surface area contributed by atoms with E-state index < -0.39 is 11.9 Å². The van der Waals surface area contributed by atoms with Crippen molar-refractivity contribution >= 4 is 34.7 Å². The topological polar surface area (TPSA) is 63.7 Å². The highest BCUT2D eigenvalue weighted by atomic mass is 32.1. The number of esters is 1. The minimum Gasteiger partial charge on any atom is -0.457 e. The Balaban J connectivity index is 1.69. The normalized spacial score (nSPS) is 16.6. The van der Waals surface area contributed by atoms with E-state index in [0.29, 0.717) is 11.4 Å². The van der Waals surface area contributed by atoms with Crippen LogP contribution in [0.5, 0.6) is 0 Å². The first kappa shape index (κ1) is 19.3. The standard InChI is InChI=1S/C21H23NO4S/c1-3-14-7-5-8-15(4-2)20(14)22-12-16(11-19(22)24)21(25)26-13-17(23)18-9-6-10-27-18/h5-10,16H,3-4,11-13H2,1-2H3/t16-/m1/s1. The summed E-state index contributed by atoms with van der Waals surface area (Å²) in [4.78, 5) is 39.3. The van der Waals surface area contributed by atoms with Crippen molar-refractivity contribution in [1.29, 1.82) is 0 Å². The molecule has 1 saturated heterocycles. The zero-order valence-corrected chi connectivity index (χ0v) is 16.4. The van der Waals surface area contributed by atoms with Crippen LogP contribution in [0.4, 0.5) is 5.69 Å². The molecule has 6 heteroatoms. The molecule has 0 unspecified atom stereocenters. The van der Waals surface area contributed by atoms with Gasteiger partial charge >= 0.3 is 5.97 Å². The summed E-state index contributed by atoms with van der Waals surface area (Å²) in [5.74, 6) is -1.31. The van der Waals surface area contributed by atoms with Gasteiger partial charge in [-0.15, -0.1) is 11.3 Å². The number of hydrogen-bond donors (Lipinski definition) is 0. The van der Waals surface area contributed by atoms with Gasteiger partial charge in [-0.2, -0.15) is 0 Å². The van der Waals surface area contributed by atoms with E-state index in [2.05, 4.69) is 13.8 Å². The van der Waals surface area contributed by atoms with Gasteiger partial charge in [0.2, 0.25) is 11.7 Å². The number of Topliss-reactive ketones (excluding diaryl/α,β-unsaturated/α-hetero) is 1. The number of hydrogen-bond acceptors (Lipinski definition) is 5. The number of benzene rings is 1. The molecule has 5 nitrogen and oxygen atoms in total. The maximum atomic E-state index is 12.6. The summed E-state index contributed by atoms with van der Waals surface area (Å²) in [5.41, 5.74) is 3.13. The van der Waals surface area contributed by atoms with E-state index in [-0.39, 0.29) is 24.7 Å². The Hall–Kier alpha value is -2.47. The molecule has 0 bridgehead atoms. The molecule has 1 aromatic heterocycles. The van der Waals surface area contributed by atoms with Gasteiger partial charge in [0.05, 0.1) is 10.8 Å². The number of ketones is 1. The average Bonchev–Trinajstić information content (AvgIpc) is 3.35. The molecule has 0 N–H and O–H groups in total. The number of rotatable bonds is 7. The van der Waals surface area contributed by atoms with Crippen LogP contribution in [-0.2, 0) is 27.2 Å². The van der Waals surface area contributed by atoms with Crippen molar-refractivity contribution in [1.82, 2.24) is 0 Å². The van der Waals surface area contributed by atoms with Crippen molar-refractivity contribution in [3.8, 4) is 0 Å². The van der Waals surface area contributed by atoms with Gasteiger partial charge < -0.3 is 9.64 Å². The van der Waals surface area contributed by atoms with Crippen LogP contribution in [0.1, 0.15) is 41.1 Å². The van der Waals surface area contributed by atoms with Crippen molar-refractivity contribution in [2.75, 3.05) is 18.1 Å². The summed E-state index contributed by atoms with van der Waals surface area (Å²) in [6.07, 6.45) is 1.75. The van der Waals surface area contributed by atoms with Crippen LogP contribution in [0, 0.1) is 5.92 Å². The van der Waals surface area contributed by atoms with E-state index in [1.807, 2.05) is 18.2 Å². The largest absolute Gasteiger partial charge is 0.457 e. The first-order valence-electron chi connectivity index (χ1n) is 9.19. The first-order chi connectivity index (χ1) is 13.0. The van der Waals surface area contributed by atoms with Crippen LogP contribution in [0.15, 0.2) is 35.7 Å². The van der Waals surface area contributed by atoms with Crippen molar-refractivity contribution < 1.29 is 19.1 Å². The Morgan fingerprint density at radius 1 is 1.15 bits per heavy atom. The van der Waals surface area contributed by atoms with Gasteiger partial charge in [-0.1, -0.05) is 38.1 Å². The number of nitrogens with zero attached hydrogens (tertiary/aromatic N) is 1. The summed E-state index contributed by atoms with van der Waals surface area (Å²) in [6, 6.07) is 9.53. The molecule has 0 spiro atoms. The molecule has 2 aromatic rings. The van der Waals surface area contributed by atoms with Gasteiger partial charge in [0.25, 0.3) is 0 Å². The number of aryl methyl sites for hydroxylation is 2. The highest BCUT2D eigenvalue weighted by Crippen LogP contribution is 2.32. The Kier molecular flexibility index (Phi) is 6.06. The fourth-order valence-electron chi connectivity index (χ4n) is 3.41. The summed E-state index contributed by atoms with van der Waals surface area (Å²) in [7, 11) is 0. The monoisotopic (exact) mass is 385 g/mol. The summed E-state index contributed by atoms with van der Waals surface area (Å²) in [5, 5.41) is 1.80. The minimum atomic E-state index is -0.539. The molecule has 0 radical (unpaired) electrons. The van der Waals surface area contributed by atoms with Gasteiger partial charge in [-0.25, -0.2) is 0 Å². The highest BCUT2D eigenvalue weighted by molar-refractivity contribution is 7.12. The second-order valence-electron chi connectivity index (χ2n) is 6.55. The zero-order chi connectivity index (χ0) is 19.4. The van der Waals surface area contributed by atoms with E-state index in [1.54, 1.807) is 22.4 Å². The van der Waals surface area contributed by atoms with E-state index in [4.69, 9.17) is 4.74 Å². The van der Waals surface area contributed by atoms with E-state index in [1.165, 1.54) is 11.3 Å². The molecule has 3 rings (SSSR count). The number of para-hydroxylation sites is 1. The lowest BCUT2D eigenvalue weighted by atomic mass is 10.0. The van der Waals surface area contributed by atoms with Crippen LogP contribution in [0.3, 0.4) is 0 Å². The van der Waals surface area contributed by atoms with Gasteiger partial charge in [-0.3, -0.25) is 14.4 Å². The maximum Gasteiger partial charge on any atom is 0.311 e. The fourth-order valence-corrected chi connectivity index (χ4v) is 4.06. The molecule has 0 aliphatic carbocycles. The number of carbonyl (C=O) groups excluding carboxylic acids is 3. The van der Waals surface area contributed by atoms with Gasteiger partial charge in [0, 0.05) is 18.7 Å². The lowest BCUT2D eigenvalue weighted by molar-refractivity contribution is -0.147. The third-order valence-corrected chi connectivity index (χ3v) is 5.75. The molecule has 1 atom stereocenters. The van der Waals surface area contributed by atoms with Crippen molar-refractivity contribution in [3.63, 3.8) is 0 Å². The van der Waals surface area contributed by atoms with E-state index in [0.717, 1.165) is 29.7 Å². The molecule has 1 amide bonds. The van der Waals surface area contributed by atoms with Crippen molar-refractivity contribution in [2.45, 2.75) is 33.1 Å². The van der Waals surface area contributed by atoms with Crippen LogP contribution < -0.4 is 4.90 Å². The summed E-state index contributed by atoms with van der Waals surface area (Å²) in [6.45, 7) is 4.13. The quantitative estimate of drug-likeness (QED) is 0.539. The van der Waals surface area contributed by atoms with Gasteiger partial charge in [0.1, 0.15) is 0 Å². The van der Waals surface area contributed by atoms with Gasteiger partial charge in [0.15, 0.2) is 6.61 Å². The molecule has 27 heavy (non-hydrogen) atoms. The lowest BCUT2D eigenvalue weighted by Gasteiger charge is -2.23. The zero-order valence-electron chi connectivity index (χ0n) is 15.6. The van der Waals surface area contributed by atoms with Crippen LogP contribution in [0.25, 0.3) is 0 Å². The average molecular weight is 385 g/mol. The Bertz CT molecular complexity index is 822. The molecule has 142 valence electrons. The maximum absolute atomic E-state index is 12.6. The fraction of sp³-hybridized carbons (Fsp3) is 0.381. The Morgan fingerprint density at radius 3 is 2.44 bits per heavy atom. The molecule has 1 aromatic carbocycles. The van der Waals surface area contributed by atoms with Gasteiger partial charge in [-0.05, 0) is 35.4 Å². The van der Waals surface area contributed by atoms with Crippen LogP contribution in [-0.4, -0.2) is 30.8 Å². The second-order valence-corrected chi connectivity index (χ2v) is 7.49. The van der Waals surface area contributed by atoms with E-state index in [9.17, 15) is 14.4 Å². The number of ether oxygens (including phenoxy) is 1. The first-order valence-corrected chi connectivity index (χ1v) is 10.1. The third-order valence-electron chi connectivity index (χ3n) is 4.83. The summed E-state index contributed by atoms with van der Waals surface area (Å²) >= 11 is 1.32.